The fraction of sp³-hybridized carbons (Fsp3) is 0.176. The van der Waals surface area contributed by atoms with Crippen LogP contribution in [0.25, 0.3) is 0 Å². The second-order valence-corrected chi connectivity index (χ2v) is 6.19. The molecule has 5 nitrogen and oxygen atoms in total. The molecule has 0 spiro atoms. The summed E-state index contributed by atoms with van der Waals surface area (Å²) in [6.45, 7) is 0. The Kier molecular flexibility index (Phi) is 4.41. The van der Waals surface area contributed by atoms with Gasteiger partial charge in [0.1, 0.15) is 5.71 Å². The molecule has 1 atom stereocenters. The molecule has 26 heavy (non-hydrogen) atoms. The molecule has 1 aliphatic rings. The van der Waals surface area contributed by atoms with Crippen molar-refractivity contribution in [2.75, 3.05) is 5.73 Å². The Morgan fingerprint density at radius 2 is 1.81 bits per heavy atom. The van der Waals surface area contributed by atoms with Crippen LogP contribution in [-0.2, 0) is 5.72 Å². The summed E-state index contributed by atoms with van der Waals surface area (Å²) in [6.07, 6.45) is -5.70. The molecule has 0 radical (unpaired) electrons. The smallest absolute Gasteiger partial charge is 0.398 e. The van der Waals surface area contributed by atoms with Gasteiger partial charge >= 0.3 is 6.18 Å². The number of hydrogen-bond donors (Lipinski definition) is 2. The number of nitrogens with two attached hydrogens (primary N) is 1. The molecule has 9 heteroatoms. The standard InChI is InChI=1S/C17H13ClF3N3O2/c18-11-7-5-10(6-8-11)16(26)9-14(17(19,20)21)23-24(16)15(25)12-3-1-2-4-13(12)22/h1-8,26H,9,22H2. The number of carbonyl (C=O) groups is 1. The van der Waals surface area contributed by atoms with Crippen molar-refractivity contribution in [3.05, 3.63) is 64.7 Å². The van der Waals surface area contributed by atoms with Crippen molar-refractivity contribution >= 4 is 28.9 Å². The molecule has 0 aromatic heterocycles. The van der Waals surface area contributed by atoms with E-state index < -0.39 is 29.9 Å². The third-order valence-electron chi connectivity index (χ3n) is 4.00. The summed E-state index contributed by atoms with van der Waals surface area (Å²) in [5.74, 6) is -0.945. The zero-order valence-electron chi connectivity index (χ0n) is 13.2. The minimum atomic E-state index is -4.79. The maximum atomic E-state index is 13.2. The number of rotatable bonds is 2. The number of nitrogen functional groups attached to an aromatic ring is 1. The molecule has 2 aromatic carbocycles. The van der Waals surface area contributed by atoms with Crippen molar-refractivity contribution in [2.45, 2.75) is 18.3 Å². The van der Waals surface area contributed by atoms with Gasteiger partial charge in [-0.3, -0.25) is 4.79 Å². The van der Waals surface area contributed by atoms with E-state index in [0.717, 1.165) is 0 Å². The number of amides is 1. The van der Waals surface area contributed by atoms with E-state index >= 15 is 0 Å². The van der Waals surface area contributed by atoms with Crippen molar-refractivity contribution in [2.24, 2.45) is 5.10 Å². The van der Waals surface area contributed by atoms with Crippen molar-refractivity contribution in [3.63, 3.8) is 0 Å². The summed E-state index contributed by atoms with van der Waals surface area (Å²) in [6, 6.07) is 11.3. The Morgan fingerprint density at radius 3 is 2.38 bits per heavy atom. The summed E-state index contributed by atoms with van der Waals surface area (Å²) >= 11 is 5.79. The number of para-hydroxylation sites is 1. The van der Waals surface area contributed by atoms with Gasteiger partial charge in [-0.1, -0.05) is 35.9 Å². The zero-order valence-corrected chi connectivity index (χ0v) is 13.9. The molecule has 136 valence electrons. The van der Waals surface area contributed by atoms with Crippen LogP contribution in [-0.4, -0.2) is 27.9 Å². The van der Waals surface area contributed by atoms with Crippen LogP contribution < -0.4 is 5.73 Å². The Balaban J connectivity index is 2.10. The summed E-state index contributed by atoms with van der Waals surface area (Å²) < 4.78 is 39.5. The van der Waals surface area contributed by atoms with E-state index in [2.05, 4.69) is 5.10 Å². The molecule has 3 rings (SSSR count). The number of nitrogens with zero attached hydrogens (tertiary/aromatic N) is 2. The van der Waals surface area contributed by atoms with Gasteiger partial charge in [0.25, 0.3) is 5.91 Å². The van der Waals surface area contributed by atoms with E-state index in [-0.39, 0.29) is 16.8 Å². The van der Waals surface area contributed by atoms with Crippen LogP contribution in [0.1, 0.15) is 22.3 Å². The lowest BCUT2D eigenvalue weighted by molar-refractivity contribution is -0.0815. The largest absolute Gasteiger partial charge is 0.431 e. The molecule has 1 amide bonds. The highest BCUT2D eigenvalue weighted by atomic mass is 35.5. The summed E-state index contributed by atoms with van der Waals surface area (Å²) in [4.78, 5) is 12.8. The van der Waals surface area contributed by atoms with Crippen molar-refractivity contribution in [3.8, 4) is 0 Å². The average Bonchev–Trinajstić information content (AvgIpc) is 2.94. The molecule has 0 bridgehead atoms. The van der Waals surface area contributed by atoms with Crippen LogP contribution in [0, 0.1) is 0 Å². The van der Waals surface area contributed by atoms with Crippen molar-refractivity contribution in [1.82, 2.24) is 5.01 Å². The highest BCUT2D eigenvalue weighted by Crippen LogP contribution is 2.41. The molecule has 0 fully saturated rings. The molecule has 0 aliphatic carbocycles. The Bertz CT molecular complexity index is 884. The molecule has 1 aliphatic heterocycles. The number of alkyl halides is 3. The first-order valence-corrected chi connectivity index (χ1v) is 7.83. The van der Waals surface area contributed by atoms with Crippen LogP contribution in [0.5, 0.6) is 0 Å². The summed E-state index contributed by atoms with van der Waals surface area (Å²) in [7, 11) is 0. The Labute approximate surface area is 151 Å². The van der Waals surface area contributed by atoms with E-state index in [1.54, 1.807) is 6.07 Å². The number of carbonyl (C=O) groups excluding carboxylic acids is 1. The number of halogens is 4. The minimum absolute atomic E-state index is 0.0488. The van der Waals surface area contributed by atoms with Gasteiger partial charge < -0.3 is 10.8 Å². The van der Waals surface area contributed by atoms with E-state index in [1.807, 2.05) is 0 Å². The third kappa shape index (κ3) is 3.13. The minimum Gasteiger partial charge on any atom is -0.398 e. The van der Waals surface area contributed by atoms with Crippen LogP contribution in [0.2, 0.25) is 5.02 Å². The number of hydrogen-bond acceptors (Lipinski definition) is 4. The van der Waals surface area contributed by atoms with Crippen molar-refractivity contribution in [1.29, 1.82) is 0 Å². The van der Waals surface area contributed by atoms with Gasteiger partial charge in [-0.2, -0.15) is 23.3 Å². The van der Waals surface area contributed by atoms with Gasteiger partial charge in [0, 0.05) is 16.3 Å². The second kappa shape index (κ2) is 6.30. The number of aliphatic hydroxyl groups is 1. The van der Waals surface area contributed by atoms with E-state index in [9.17, 15) is 23.1 Å². The number of benzene rings is 2. The van der Waals surface area contributed by atoms with Crippen LogP contribution in [0.15, 0.2) is 53.6 Å². The topological polar surface area (TPSA) is 78.9 Å². The predicted octanol–water partition coefficient (Wildman–Crippen LogP) is 3.53. The van der Waals surface area contributed by atoms with Gasteiger partial charge in [-0.25, -0.2) is 0 Å². The first kappa shape index (κ1) is 18.2. The lowest BCUT2D eigenvalue weighted by Gasteiger charge is -2.31. The van der Waals surface area contributed by atoms with E-state index in [1.165, 1.54) is 42.5 Å². The molecule has 0 saturated heterocycles. The van der Waals surface area contributed by atoms with Crippen LogP contribution in [0.3, 0.4) is 0 Å². The molecular weight excluding hydrogens is 371 g/mol. The molecule has 0 saturated carbocycles. The monoisotopic (exact) mass is 383 g/mol. The van der Waals surface area contributed by atoms with E-state index in [0.29, 0.717) is 10.0 Å². The lowest BCUT2D eigenvalue weighted by Crippen LogP contribution is -2.44. The first-order chi connectivity index (χ1) is 12.1. The molecule has 1 heterocycles. The fourth-order valence-electron chi connectivity index (χ4n) is 2.66. The van der Waals surface area contributed by atoms with Gasteiger partial charge in [0.05, 0.1) is 12.0 Å². The number of hydrazone groups is 1. The summed E-state index contributed by atoms with van der Waals surface area (Å²) in [5.41, 5.74) is 2.21. The fourth-order valence-corrected chi connectivity index (χ4v) is 2.79. The zero-order chi connectivity index (χ0) is 19.1. The van der Waals surface area contributed by atoms with Gasteiger partial charge in [-0.05, 0) is 24.3 Å². The Morgan fingerprint density at radius 1 is 1.19 bits per heavy atom. The average molecular weight is 384 g/mol. The summed E-state index contributed by atoms with van der Waals surface area (Å²) in [5, 5.41) is 15.1. The molecular formula is C17H13ClF3N3O2. The van der Waals surface area contributed by atoms with Gasteiger partial charge in [0.15, 0.2) is 5.72 Å². The SMILES string of the molecule is Nc1ccccc1C(=O)N1N=C(C(F)(F)F)CC1(O)c1ccc(Cl)cc1. The quantitative estimate of drug-likeness (QED) is 0.779. The highest BCUT2D eigenvalue weighted by Gasteiger charge is 2.53. The molecule has 1 unspecified atom stereocenters. The highest BCUT2D eigenvalue weighted by molar-refractivity contribution is 6.30. The molecule has 2 aromatic rings. The van der Waals surface area contributed by atoms with Gasteiger partial charge in [0.2, 0.25) is 0 Å². The first-order valence-electron chi connectivity index (χ1n) is 7.45. The second-order valence-electron chi connectivity index (χ2n) is 5.75. The lowest BCUT2D eigenvalue weighted by atomic mass is 9.96. The predicted molar refractivity (Wildman–Crippen MR) is 90.5 cm³/mol. The maximum Gasteiger partial charge on any atom is 0.431 e. The van der Waals surface area contributed by atoms with Gasteiger partial charge in [-0.15, -0.1) is 0 Å². The normalized spacial score (nSPS) is 20.2. The maximum absolute atomic E-state index is 13.2. The van der Waals surface area contributed by atoms with Crippen LogP contribution in [0.4, 0.5) is 18.9 Å². The van der Waals surface area contributed by atoms with Crippen molar-refractivity contribution < 1.29 is 23.1 Å². The van der Waals surface area contributed by atoms with E-state index in [4.69, 9.17) is 17.3 Å². The van der Waals surface area contributed by atoms with Crippen LogP contribution >= 0.6 is 11.6 Å². The number of anilines is 1. The molecule has 3 N–H and O–H groups in total. The Hall–Kier alpha value is -2.58. The third-order valence-corrected chi connectivity index (χ3v) is 4.25.